The van der Waals surface area contributed by atoms with Gasteiger partial charge in [-0.15, -0.1) is 0 Å². The van der Waals surface area contributed by atoms with Crippen LogP contribution in [0.2, 0.25) is 10.0 Å². The van der Waals surface area contributed by atoms with Gasteiger partial charge in [-0.05, 0) is 42.0 Å². The van der Waals surface area contributed by atoms with Crippen molar-refractivity contribution < 1.29 is 9.59 Å². The van der Waals surface area contributed by atoms with Gasteiger partial charge in [0.1, 0.15) is 5.25 Å². The molecule has 0 radical (unpaired) electrons. The predicted molar refractivity (Wildman–Crippen MR) is 112 cm³/mol. The van der Waals surface area contributed by atoms with E-state index in [2.05, 4.69) is 10.3 Å². The summed E-state index contributed by atoms with van der Waals surface area (Å²) in [6, 6.07) is 14.1. The zero-order valence-electron chi connectivity index (χ0n) is 14.5. The van der Waals surface area contributed by atoms with E-state index in [1.54, 1.807) is 31.3 Å². The molecule has 2 aromatic rings. The lowest BCUT2D eigenvalue weighted by molar-refractivity contribution is -0.121. The van der Waals surface area contributed by atoms with Gasteiger partial charge in [-0.1, -0.05) is 47.1 Å². The molecule has 140 valence electrons. The van der Waals surface area contributed by atoms with Crippen LogP contribution in [0.15, 0.2) is 53.5 Å². The number of amides is 2. The molecule has 1 fully saturated rings. The number of nitrogens with one attached hydrogen (secondary N) is 1. The van der Waals surface area contributed by atoms with Crippen LogP contribution in [0.5, 0.6) is 0 Å². The first kappa shape index (κ1) is 19.7. The van der Waals surface area contributed by atoms with Crippen molar-refractivity contribution in [1.82, 2.24) is 5.32 Å². The number of benzene rings is 2. The fourth-order valence-corrected chi connectivity index (χ4v) is 3.86. The number of rotatable bonds is 4. The predicted octanol–water partition coefficient (Wildman–Crippen LogP) is 4.13. The molecule has 0 aliphatic carbocycles. The van der Waals surface area contributed by atoms with E-state index in [0.717, 1.165) is 5.56 Å². The molecular weight excluding hydrogens is 405 g/mol. The molecule has 1 aliphatic heterocycles. The van der Waals surface area contributed by atoms with Crippen molar-refractivity contribution in [2.75, 3.05) is 11.9 Å². The molecule has 0 unspecified atom stereocenters. The third-order valence-electron chi connectivity index (χ3n) is 4.00. The van der Waals surface area contributed by atoms with E-state index < -0.39 is 5.25 Å². The number of thioether (sulfide) groups is 1. The van der Waals surface area contributed by atoms with E-state index in [4.69, 9.17) is 23.2 Å². The van der Waals surface area contributed by atoms with Gasteiger partial charge in [0.25, 0.3) is 0 Å². The second-order valence-electron chi connectivity index (χ2n) is 5.86. The molecule has 27 heavy (non-hydrogen) atoms. The number of aliphatic imine (C=N–C) groups is 1. The average molecular weight is 422 g/mol. The van der Waals surface area contributed by atoms with Crippen molar-refractivity contribution in [3.05, 3.63) is 64.1 Å². The maximum atomic E-state index is 12.7. The third kappa shape index (κ3) is 4.83. The average Bonchev–Trinajstić information content (AvgIpc) is 2.94. The van der Waals surface area contributed by atoms with Gasteiger partial charge in [0, 0.05) is 30.1 Å². The van der Waals surface area contributed by atoms with E-state index in [0.29, 0.717) is 27.4 Å². The first-order valence-corrected chi connectivity index (χ1v) is 9.85. The van der Waals surface area contributed by atoms with Crippen molar-refractivity contribution >= 4 is 57.6 Å². The summed E-state index contributed by atoms with van der Waals surface area (Å²) < 4.78 is 0. The summed E-state index contributed by atoms with van der Waals surface area (Å²) in [5, 5.41) is 4.52. The van der Waals surface area contributed by atoms with Gasteiger partial charge < -0.3 is 5.32 Å². The Hall–Kier alpha value is -2.02. The quantitative estimate of drug-likeness (QED) is 0.457. The van der Waals surface area contributed by atoms with Gasteiger partial charge in [0.15, 0.2) is 5.17 Å². The highest BCUT2D eigenvalue weighted by Gasteiger charge is 2.40. The molecule has 0 spiro atoms. The molecular formula is C19H17Cl2N3O2S. The van der Waals surface area contributed by atoms with Crippen LogP contribution in [0.25, 0.3) is 0 Å². The number of imide groups is 1. The number of hydrogen-bond donors (Lipinski definition) is 1. The molecule has 0 aromatic heterocycles. The minimum absolute atomic E-state index is 0.133. The van der Waals surface area contributed by atoms with E-state index >= 15 is 0 Å². The fraction of sp³-hybridized carbons (Fsp3) is 0.211. The Bertz CT molecular complexity index is 870. The molecule has 0 bridgehead atoms. The standard InChI is InChI=1S/C19H17Cl2N3O2S/c1-22-19(23-11-12-2-4-13(20)5-3-12)27-16-10-17(25)24(18(16)26)15-8-6-14(21)7-9-15/h2-9,16H,10-11H2,1H3,(H,22,23)/t16-/m1/s1. The minimum Gasteiger partial charge on any atom is -0.361 e. The number of anilines is 1. The SMILES string of the molecule is CN=C(NCc1ccc(Cl)cc1)S[C@@H]1CC(=O)N(c2ccc(Cl)cc2)C1=O. The lowest BCUT2D eigenvalue weighted by atomic mass is 10.2. The topological polar surface area (TPSA) is 61.8 Å². The number of nitrogens with zero attached hydrogens (tertiary/aromatic N) is 2. The summed E-state index contributed by atoms with van der Waals surface area (Å²) in [6.07, 6.45) is 0.133. The Morgan fingerprint density at radius 1 is 1.11 bits per heavy atom. The maximum absolute atomic E-state index is 12.7. The van der Waals surface area contributed by atoms with Crippen molar-refractivity contribution in [2.45, 2.75) is 18.2 Å². The molecule has 1 saturated heterocycles. The minimum atomic E-state index is -0.510. The molecule has 1 N–H and O–H groups in total. The normalized spacial score (nSPS) is 17.5. The first-order chi connectivity index (χ1) is 13.0. The van der Waals surface area contributed by atoms with E-state index in [9.17, 15) is 9.59 Å². The zero-order valence-corrected chi connectivity index (χ0v) is 16.8. The molecule has 3 rings (SSSR count). The van der Waals surface area contributed by atoms with Crippen LogP contribution in [0.3, 0.4) is 0 Å². The van der Waals surface area contributed by atoms with Crippen LogP contribution >= 0.6 is 35.0 Å². The van der Waals surface area contributed by atoms with Crippen LogP contribution in [0.4, 0.5) is 5.69 Å². The zero-order chi connectivity index (χ0) is 19.4. The highest BCUT2D eigenvalue weighted by Crippen LogP contribution is 2.30. The Kier molecular flexibility index (Phi) is 6.42. The highest BCUT2D eigenvalue weighted by atomic mass is 35.5. The smallest absolute Gasteiger partial charge is 0.247 e. The van der Waals surface area contributed by atoms with E-state index in [-0.39, 0.29) is 18.2 Å². The Morgan fingerprint density at radius 2 is 1.70 bits per heavy atom. The Morgan fingerprint density at radius 3 is 2.30 bits per heavy atom. The maximum Gasteiger partial charge on any atom is 0.247 e. The largest absolute Gasteiger partial charge is 0.361 e. The summed E-state index contributed by atoms with van der Waals surface area (Å²) in [5.41, 5.74) is 1.57. The molecule has 1 aliphatic rings. The summed E-state index contributed by atoms with van der Waals surface area (Å²) in [4.78, 5) is 30.5. The van der Waals surface area contributed by atoms with Crippen LogP contribution in [0.1, 0.15) is 12.0 Å². The fourth-order valence-electron chi connectivity index (χ4n) is 2.65. The van der Waals surface area contributed by atoms with Crippen molar-refractivity contribution in [2.24, 2.45) is 4.99 Å². The van der Waals surface area contributed by atoms with Gasteiger partial charge >= 0.3 is 0 Å². The van der Waals surface area contributed by atoms with Crippen LogP contribution in [0, 0.1) is 0 Å². The number of amidine groups is 1. The number of halogens is 2. The Labute approximate surface area is 171 Å². The highest BCUT2D eigenvalue weighted by molar-refractivity contribution is 8.15. The first-order valence-electron chi connectivity index (χ1n) is 8.22. The van der Waals surface area contributed by atoms with E-state index in [1.807, 2.05) is 24.3 Å². The summed E-state index contributed by atoms with van der Waals surface area (Å²) in [7, 11) is 1.65. The second kappa shape index (κ2) is 8.78. The Balaban J connectivity index is 1.63. The van der Waals surface area contributed by atoms with E-state index in [1.165, 1.54) is 16.7 Å². The van der Waals surface area contributed by atoms with Crippen LogP contribution in [-0.2, 0) is 16.1 Å². The van der Waals surface area contributed by atoms with Gasteiger partial charge in [-0.25, -0.2) is 4.90 Å². The van der Waals surface area contributed by atoms with Crippen LogP contribution in [-0.4, -0.2) is 29.3 Å². The molecule has 5 nitrogen and oxygen atoms in total. The molecule has 8 heteroatoms. The van der Waals surface area contributed by atoms with Crippen molar-refractivity contribution in [3.63, 3.8) is 0 Å². The van der Waals surface area contributed by atoms with Gasteiger partial charge in [0.2, 0.25) is 11.8 Å². The lowest BCUT2D eigenvalue weighted by Gasteiger charge is -2.15. The summed E-state index contributed by atoms with van der Waals surface area (Å²) >= 11 is 13.0. The number of carbonyl (C=O) groups is 2. The van der Waals surface area contributed by atoms with Crippen molar-refractivity contribution in [1.29, 1.82) is 0 Å². The van der Waals surface area contributed by atoms with Crippen LogP contribution < -0.4 is 10.2 Å². The molecule has 2 amide bonds. The van der Waals surface area contributed by atoms with Gasteiger partial charge in [0.05, 0.1) is 5.69 Å². The van der Waals surface area contributed by atoms with Gasteiger partial charge in [-0.2, -0.15) is 0 Å². The molecule has 1 heterocycles. The van der Waals surface area contributed by atoms with Crippen molar-refractivity contribution in [3.8, 4) is 0 Å². The summed E-state index contributed by atoms with van der Waals surface area (Å²) in [5.74, 6) is -0.477. The molecule has 1 atom stereocenters. The number of hydrogen-bond acceptors (Lipinski definition) is 4. The molecule has 0 saturated carbocycles. The number of carbonyl (C=O) groups excluding carboxylic acids is 2. The monoisotopic (exact) mass is 421 g/mol. The summed E-state index contributed by atoms with van der Waals surface area (Å²) in [6.45, 7) is 0.548. The van der Waals surface area contributed by atoms with Gasteiger partial charge in [-0.3, -0.25) is 14.6 Å². The second-order valence-corrected chi connectivity index (χ2v) is 7.93. The molecule has 2 aromatic carbocycles. The third-order valence-corrected chi connectivity index (χ3v) is 5.71. The lowest BCUT2D eigenvalue weighted by Crippen LogP contribution is -2.32.